The number of ether oxygens (including phenoxy) is 1. The lowest BCUT2D eigenvalue weighted by molar-refractivity contribution is -0.126. The summed E-state index contributed by atoms with van der Waals surface area (Å²) in [5.41, 5.74) is 2.82. The van der Waals surface area contributed by atoms with Crippen molar-refractivity contribution in [1.82, 2.24) is 15.3 Å². The van der Waals surface area contributed by atoms with Gasteiger partial charge in [-0.05, 0) is 43.3 Å². The van der Waals surface area contributed by atoms with Gasteiger partial charge in [0.2, 0.25) is 11.8 Å². The standard InChI is InChI=1S/C23H22N4O4S/c1-2-31-23(30)16-3-5-19(6-4-16)27-13-17(11-20(27)28)21(29)25-12-18-14-32-22(26-18)15-7-9-24-10-8-15/h3-10,14,17H,2,11-13H2,1H3,(H,25,29). The number of anilines is 1. The number of rotatable bonds is 7. The van der Waals surface area contributed by atoms with E-state index in [-0.39, 0.29) is 18.2 Å². The number of pyridine rings is 1. The number of benzene rings is 1. The molecule has 0 radical (unpaired) electrons. The lowest BCUT2D eigenvalue weighted by atomic mass is 10.1. The average molecular weight is 451 g/mol. The summed E-state index contributed by atoms with van der Waals surface area (Å²) in [7, 11) is 0. The van der Waals surface area contributed by atoms with Gasteiger partial charge in [0.15, 0.2) is 0 Å². The summed E-state index contributed by atoms with van der Waals surface area (Å²) < 4.78 is 4.97. The minimum atomic E-state index is -0.439. The van der Waals surface area contributed by atoms with Crippen molar-refractivity contribution in [3.8, 4) is 10.6 Å². The van der Waals surface area contributed by atoms with Crippen LogP contribution in [0.15, 0.2) is 54.2 Å². The summed E-state index contributed by atoms with van der Waals surface area (Å²) in [5, 5.41) is 5.66. The molecule has 1 saturated heterocycles. The molecule has 3 heterocycles. The molecule has 9 heteroatoms. The Bertz CT molecular complexity index is 1110. The minimum absolute atomic E-state index is 0.123. The summed E-state index contributed by atoms with van der Waals surface area (Å²) in [5.74, 6) is -1.14. The number of esters is 1. The van der Waals surface area contributed by atoms with Gasteiger partial charge in [0.05, 0.1) is 30.3 Å². The Kier molecular flexibility index (Phi) is 6.55. The topological polar surface area (TPSA) is 101 Å². The molecule has 1 aromatic carbocycles. The van der Waals surface area contributed by atoms with E-state index in [9.17, 15) is 14.4 Å². The summed E-state index contributed by atoms with van der Waals surface area (Å²) in [6.07, 6.45) is 3.57. The van der Waals surface area contributed by atoms with Gasteiger partial charge in [0.25, 0.3) is 0 Å². The third-order valence-electron chi connectivity index (χ3n) is 5.11. The molecule has 0 aliphatic carbocycles. The molecule has 2 amide bonds. The second-order valence-electron chi connectivity index (χ2n) is 7.27. The molecule has 0 saturated carbocycles. The van der Waals surface area contributed by atoms with Crippen molar-refractivity contribution in [3.63, 3.8) is 0 Å². The monoisotopic (exact) mass is 450 g/mol. The fraction of sp³-hybridized carbons (Fsp3) is 0.261. The van der Waals surface area contributed by atoms with Crippen LogP contribution in [0.4, 0.5) is 5.69 Å². The van der Waals surface area contributed by atoms with Crippen molar-refractivity contribution in [1.29, 1.82) is 0 Å². The van der Waals surface area contributed by atoms with Crippen molar-refractivity contribution < 1.29 is 19.1 Å². The Morgan fingerprint density at radius 3 is 2.66 bits per heavy atom. The molecule has 32 heavy (non-hydrogen) atoms. The van der Waals surface area contributed by atoms with Crippen molar-refractivity contribution in [2.45, 2.75) is 19.9 Å². The molecule has 0 spiro atoms. The fourth-order valence-corrected chi connectivity index (χ4v) is 4.29. The molecule has 1 aliphatic rings. The van der Waals surface area contributed by atoms with Crippen LogP contribution >= 0.6 is 11.3 Å². The van der Waals surface area contributed by atoms with E-state index in [0.29, 0.717) is 30.9 Å². The highest BCUT2D eigenvalue weighted by Gasteiger charge is 2.35. The van der Waals surface area contributed by atoms with Gasteiger partial charge in [0.1, 0.15) is 5.01 Å². The van der Waals surface area contributed by atoms with Crippen LogP contribution in [0.3, 0.4) is 0 Å². The Labute approximate surface area is 189 Å². The first-order chi connectivity index (χ1) is 15.5. The van der Waals surface area contributed by atoms with Gasteiger partial charge in [-0.15, -0.1) is 11.3 Å². The van der Waals surface area contributed by atoms with E-state index in [0.717, 1.165) is 16.3 Å². The second-order valence-corrected chi connectivity index (χ2v) is 8.13. The van der Waals surface area contributed by atoms with Crippen LogP contribution in [0, 0.1) is 5.92 Å². The number of carbonyl (C=O) groups is 3. The van der Waals surface area contributed by atoms with Gasteiger partial charge < -0.3 is 15.0 Å². The smallest absolute Gasteiger partial charge is 0.338 e. The Balaban J connectivity index is 1.33. The number of hydrogen-bond acceptors (Lipinski definition) is 7. The van der Waals surface area contributed by atoms with Crippen LogP contribution in [0.1, 0.15) is 29.4 Å². The van der Waals surface area contributed by atoms with E-state index in [4.69, 9.17) is 4.74 Å². The Hall–Kier alpha value is -3.59. The van der Waals surface area contributed by atoms with E-state index in [2.05, 4.69) is 15.3 Å². The molecule has 2 aromatic heterocycles. The average Bonchev–Trinajstić information content (AvgIpc) is 3.45. The zero-order valence-electron chi connectivity index (χ0n) is 17.5. The molecular weight excluding hydrogens is 428 g/mol. The summed E-state index contributed by atoms with van der Waals surface area (Å²) in [6.45, 7) is 2.64. The summed E-state index contributed by atoms with van der Waals surface area (Å²) in [4.78, 5) is 47.1. The maximum Gasteiger partial charge on any atom is 0.338 e. The first-order valence-corrected chi connectivity index (χ1v) is 11.1. The molecule has 1 N–H and O–H groups in total. The zero-order valence-corrected chi connectivity index (χ0v) is 18.3. The first kappa shape index (κ1) is 21.6. The van der Waals surface area contributed by atoms with Crippen LogP contribution in [-0.2, 0) is 20.9 Å². The highest BCUT2D eigenvalue weighted by atomic mass is 32.1. The van der Waals surface area contributed by atoms with Crippen molar-refractivity contribution in [3.05, 3.63) is 65.4 Å². The minimum Gasteiger partial charge on any atom is -0.462 e. The number of hydrogen-bond donors (Lipinski definition) is 1. The third kappa shape index (κ3) is 4.83. The molecule has 1 aliphatic heterocycles. The Morgan fingerprint density at radius 2 is 1.94 bits per heavy atom. The zero-order chi connectivity index (χ0) is 22.5. The van der Waals surface area contributed by atoms with Crippen molar-refractivity contribution in [2.75, 3.05) is 18.1 Å². The quantitative estimate of drug-likeness (QED) is 0.555. The highest BCUT2D eigenvalue weighted by Crippen LogP contribution is 2.26. The number of aromatic nitrogens is 2. The molecule has 3 aromatic rings. The van der Waals surface area contributed by atoms with Crippen molar-refractivity contribution in [2.24, 2.45) is 5.92 Å². The lowest BCUT2D eigenvalue weighted by Gasteiger charge is -2.17. The Morgan fingerprint density at radius 1 is 1.19 bits per heavy atom. The van der Waals surface area contributed by atoms with Gasteiger partial charge >= 0.3 is 5.97 Å². The van der Waals surface area contributed by atoms with Crippen LogP contribution < -0.4 is 10.2 Å². The maximum atomic E-state index is 12.6. The van der Waals surface area contributed by atoms with Crippen LogP contribution in [0.2, 0.25) is 0 Å². The molecule has 0 bridgehead atoms. The largest absolute Gasteiger partial charge is 0.462 e. The first-order valence-electron chi connectivity index (χ1n) is 10.2. The number of carbonyl (C=O) groups excluding carboxylic acids is 3. The predicted molar refractivity (Wildman–Crippen MR) is 120 cm³/mol. The highest BCUT2D eigenvalue weighted by molar-refractivity contribution is 7.13. The number of nitrogens with zero attached hydrogens (tertiary/aromatic N) is 3. The van der Waals surface area contributed by atoms with Gasteiger partial charge in [-0.2, -0.15) is 0 Å². The van der Waals surface area contributed by atoms with Gasteiger partial charge in [0, 0.05) is 42.0 Å². The van der Waals surface area contributed by atoms with Crippen LogP contribution in [-0.4, -0.2) is 40.9 Å². The van der Waals surface area contributed by atoms with E-state index in [1.807, 2.05) is 17.5 Å². The molecule has 8 nitrogen and oxygen atoms in total. The van der Waals surface area contributed by atoms with Gasteiger partial charge in [-0.25, -0.2) is 9.78 Å². The normalized spacial score (nSPS) is 15.6. The predicted octanol–water partition coefficient (Wildman–Crippen LogP) is 3.05. The van der Waals surface area contributed by atoms with E-state index in [1.54, 1.807) is 48.5 Å². The second kappa shape index (κ2) is 9.69. The van der Waals surface area contributed by atoms with E-state index >= 15 is 0 Å². The number of thiazole rings is 1. The molecular formula is C23H22N4O4S. The molecule has 1 fully saturated rings. The van der Waals surface area contributed by atoms with Gasteiger partial charge in [-0.1, -0.05) is 0 Å². The third-order valence-corrected chi connectivity index (χ3v) is 6.05. The fourth-order valence-electron chi connectivity index (χ4n) is 3.46. The molecule has 1 unspecified atom stereocenters. The molecule has 164 valence electrons. The maximum absolute atomic E-state index is 12.6. The number of amides is 2. The van der Waals surface area contributed by atoms with Crippen LogP contribution in [0.25, 0.3) is 10.6 Å². The van der Waals surface area contributed by atoms with E-state index in [1.165, 1.54) is 11.3 Å². The van der Waals surface area contributed by atoms with E-state index < -0.39 is 11.9 Å². The van der Waals surface area contributed by atoms with Gasteiger partial charge in [-0.3, -0.25) is 14.6 Å². The van der Waals surface area contributed by atoms with Crippen LogP contribution in [0.5, 0.6) is 0 Å². The summed E-state index contributed by atoms with van der Waals surface area (Å²) in [6, 6.07) is 10.4. The van der Waals surface area contributed by atoms with Crippen molar-refractivity contribution >= 4 is 34.8 Å². The summed E-state index contributed by atoms with van der Waals surface area (Å²) >= 11 is 1.51. The lowest BCUT2D eigenvalue weighted by Crippen LogP contribution is -2.32. The SMILES string of the molecule is CCOC(=O)c1ccc(N2CC(C(=O)NCc3csc(-c4ccncc4)n3)CC2=O)cc1. The number of nitrogens with one attached hydrogen (secondary N) is 1. The molecule has 1 atom stereocenters. The molecule has 4 rings (SSSR count).